The van der Waals surface area contributed by atoms with E-state index >= 15 is 0 Å². The third-order valence-corrected chi connectivity index (χ3v) is 6.02. The number of hydrogen-bond donors (Lipinski definition) is 1. The maximum Gasteiger partial charge on any atom is 0.0835 e. The zero-order valence-corrected chi connectivity index (χ0v) is 13.9. The maximum atomic E-state index is 6.31. The molecular weight excluding hydrogens is 365 g/mol. The van der Waals surface area contributed by atoms with Crippen molar-refractivity contribution in [3.05, 3.63) is 49.0 Å². The van der Waals surface area contributed by atoms with Crippen molar-refractivity contribution in [3.63, 3.8) is 0 Å². The van der Waals surface area contributed by atoms with Crippen molar-refractivity contribution in [2.45, 2.75) is 18.9 Å². The topological polar surface area (TPSA) is 12.0 Å². The Labute approximate surface area is 135 Å². The van der Waals surface area contributed by atoms with E-state index in [1.807, 2.05) is 12.1 Å². The fraction of sp³-hybridized carbons (Fsp3) is 0.286. The van der Waals surface area contributed by atoms with Gasteiger partial charge in [-0.15, -0.1) is 11.3 Å². The molecule has 19 heavy (non-hydrogen) atoms. The molecule has 1 aliphatic rings. The van der Waals surface area contributed by atoms with E-state index in [0.717, 1.165) is 10.2 Å². The molecule has 1 heterocycles. The smallest absolute Gasteiger partial charge is 0.0835 e. The average molecular weight is 377 g/mol. The standard InChI is InChI=1S/C14H12BrCl2NS/c15-9-5-6-10(13(17)12(9)16)18-14(8-3-4-8)11-2-1-7-19-11/h1-2,5-8,14,18H,3-4H2. The molecule has 1 fully saturated rings. The summed E-state index contributed by atoms with van der Waals surface area (Å²) in [5.41, 5.74) is 0.903. The molecule has 1 unspecified atom stereocenters. The van der Waals surface area contributed by atoms with Crippen LogP contribution in [0.4, 0.5) is 5.69 Å². The predicted octanol–water partition coefficient (Wildman–Crippen LogP) is 6.38. The Morgan fingerprint density at radius 3 is 2.63 bits per heavy atom. The van der Waals surface area contributed by atoms with Crippen LogP contribution in [0.25, 0.3) is 0 Å². The van der Waals surface area contributed by atoms with E-state index in [1.165, 1.54) is 17.7 Å². The minimum Gasteiger partial charge on any atom is -0.376 e. The fourth-order valence-corrected chi connectivity index (χ4v) is 3.82. The summed E-state index contributed by atoms with van der Waals surface area (Å²) in [6, 6.07) is 8.51. The number of rotatable bonds is 4. The van der Waals surface area contributed by atoms with E-state index in [0.29, 0.717) is 22.0 Å². The van der Waals surface area contributed by atoms with Gasteiger partial charge in [-0.1, -0.05) is 29.3 Å². The van der Waals surface area contributed by atoms with Gasteiger partial charge in [0, 0.05) is 9.35 Å². The summed E-state index contributed by atoms with van der Waals surface area (Å²) in [6.45, 7) is 0. The molecule has 5 heteroatoms. The van der Waals surface area contributed by atoms with Gasteiger partial charge in [0.2, 0.25) is 0 Å². The molecule has 1 atom stereocenters. The Hall–Kier alpha value is -0.220. The molecule has 0 radical (unpaired) electrons. The first-order chi connectivity index (χ1) is 9.16. The Morgan fingerprint density at radius 1 is 1.21 bits per heavy atom. The van der Waals surface area contributed by atoms with E-state index in [-0.39, 0.29) is 0 Å². The van der Waals surface area contributed by atoms with Crippen molar-refractivity contribution in [2.75, 3.05) is 5.32 Å². The van der Waals surface area contributed by atoms with Gasteiger partial charge in [-0.25, -0.2) is 0 Å². The van der Waals surface area contributed by atoms with E-state index in [2.05, 4.69) is 38.8 Å². The molecule has 1 aromatic carbocycles. The molecular formula is C14H12BrCl2NS. The largest absolute Gasteiger partial charge is 0.376 e. The molecule has 2 aromatic rings. The zero-order chi connectivity index (χ0) is 13.4. The van der Waals surface area contributed by atoms with Crippen LogP contribution in [0.2, 0.25) is 10.0 Å². The van der Waals surface area contributed by atoms with Crippen LogP contribution in [0, 0.1) is 5.92 Å². The van der Waals surface area contributed by atoms with Gasteiger partial charge < -0.3 is 5.32 Å². The number of anilines is 1. The normalized spacial score (nSPS) is 16.4. The highest BCUT2D eigenvalue weighted by molar-refractivity contribution is 9.10. The Bertz CT molecular complexity index is 581. The predicted molar refractivity (Wildman–Crippen MR) is 87.6 cm³/mol. The van der Waals surface area contributed by atoms with Gasteiger partial charge in [0.1, 0.15) is 0 Å². The van der Waals surface area contributed by atoms with Gasteiger partial charge in [-0.2, -0.15) is 0 Å². The monoisotopic (exact) mass is 375 g/mol. The van der Waals surface area contributed by atoms with Gasteiger partial charge in [0.25, 0.3) is 0 Å². The van der Waals surface area contributed by atoms with Crippen LogP contribution in [0.1, 0.15) is 23.8 Å². The Morgan fingerprint density at radius 2 is 2.00 bits per heavy atom. The summed E-state index contributed by atoms with van der Waals surface area (Å²) < 4.78 is 0.823. The van der Waals surface area contributed by atoms with Crippen LogP contribution in [0.5, 0.6) is 0 Å². The third-order valence-electron chi connectivity index (χ3n) is 3.29. The molecule has 0 spiro atoms. The van der Waals surface area contributed by atoms with Gasteiger partial charge in [0.15, 0.2) is 0 Å². The van der Waals surface area contributed by atoms with Gasteiger partial charge in [-0.05, 0) is 58.3 Å². The Kier molecular flexibility index (Phi) is 4.08. The molecule has 0 saturated heterocycles. The summed E-state index contributed by atoms with van der Waals surface area (Å²) in [5, 5.41) is 6.81. The second-order valence-electron chi connectivity index (χ2n) is 4.70. The molecule has 1 N–H and O–H groups in total. The average Bonchev–Trinajstić information content (AvgIpc) is 3.10. The van der Waals surface area contributed by atoms with E-state index < -0.39 is 0 Å². The second-order valence-corrected chi connectivity index (χ2v) is 7.29. The molecule has 0 amide bonds. The first-order valence-electron chi connectivity index (χ1n) is 6.10. The lowest BCUT2D eigenvalue weighted by Gasteiger charge is -2.20. The van der Waals surface area contributed by atoms with Crippen molar-refractivity contribution in [1.82, 2.24) is 0 Å². The minimum absolute atomic E-state index is 0.342. The van der Waals surface area contributed by atoms with Crippen molar-refractivity contribution < 1.29 is 0 Å². The van der Waals surface area contributed by atoms with Crippen LogP contribution in [-0.2, 0) is 0 Å². The summed E-state index contributed by atoms with van der Waals surface area (Å²) in [6.07, 6.45) is 2.55. The molecule has 0 aliphatic heterocycles. The van der Waals surface area contributed by atoms with E-state index in [1.54, 1.807) is 11.3 Å². The van der Waals surface area contributed by atoms with Crippen LogP contribution in [0.3, 0.4) is 0 Å². The number of nitrogens with one attached hydrogen (secondary N) is 1. The van der Waals surface area contributed by atoms with Crippen molar-refractivity contribution in [1.29, 1.82) is 0 Å². The van der Waals surface area contributed by atoms with Crippen molar-refractivity contribution in [2.24, 2.45) is 5.92 Å². The quantitative estimate of drug-likeness (QED) is 0.610. The Balaban J connectivity index is 1.89. The third kappa shape index (κ3) is 2.94. The zero-order valence-electron chi connectivity index (χ0n) is 10.00. The number of hydrogen-bond acceptors (Lipinski definition) is 2. The SMILES string of the molecule is Clc1c(Br)ccc(NC(c2cccs2)C2CC2)c1Cl. The van der Waals surface area contributed by atoms with Gasteiger partial charge >= 0.3 is 0 Å². The van der Waals surface area contributed by atoms with Crippen molar-refractivity contribution >= 4 is 56.2 Å². The van der Waals surface area contributed by atoms with E-state index in [9.17, 15) is 0 Å². The van der Waals surface area contributed by atoms with Crippen molar-refractivity contribution in [3.8, 4) is 0 Å². The summed E-state index contributed by atoms with van der Waals surface area (Å²) in [7, 11) is 0. The summed E-state index contributed by atoms with van der Waals surface area (Å²) in [5.74, 6) is 0.706. The second kappa shape index (κ2) is 5.65. The first-order valence-corrected chi connectivity index (χ1v) is 8.53. The lowest BCUT2D eigenvalue weighted by molar-refractivity contribution is 0.691. The minimum atomic E-state index is 0.342. The fourth-order valence-electron chi connectivity index (χ4n) is 2.12. The molecule has 100 valence electrons. The van der Waals surface area contributed by atoms with Gasteiger partial charge in [0.05, 0.1) is 21.8 Å². The lowest BCUT2D eigenvalue weighted by Crippen LogP contribution is -2.11. The van der Waals surface area contributed by atoms with Crippen LogP contribution < -0.4 is 5.32 Å². The number of thiophene rings is 1. The summed E-state index contributed by atoms with van der Waals surface area (Å²) in [4.78, 5) is 1.36. The van der Waals surface area contributed by atoms with Crippen LogP contribution >= 0.6 is 50.5 Å². The highest BCUT2D eigenvalue weighted by atomic mass is 79.9. The molecule has 1 aliphatic carbocycles. The molecule has 1 nitrogen and oxygen atoms in total. The molecule has 3 rings (SSSR count). The molecule has 0 bridgehead atoms. The molecule has 1 aromatic heterocycles. The van der Waals surface area contributed by atoms with Gasteiger partial charge in [-0.3, -0.25) is 0 Å². The first kappa shape index (κ1) is 13.7. The molecule has 1 saturated carbocycles. The summed E-state index contributed by atoms with van der Waals surface area (Å²) >= 11 is 17.6. The number of halogens is 3. The lowest BCUT2D eigenvalue weighted by atomic mass is 10.1. The van der Waals surface area contributed by atoms with E-state index in [4.69, 9.17) is 23.2 Å². The highest BCUT2D eigenvalue weighted by Gasteiger charge is 2.33. The highest BCUT2D eigenvalue weighted by Crippen LogP contribution is 2.46. The van der Waals surface area contributed by atoms with Crippen LogP contribution in [-0.4, -0.2) is 0 Å². The van der Waals surface area contributed by atoms with Crippen LogP contribution in [0.15, 0.2) is 34.1 Å². The number of benzene rings is 1. The maximum absolute atomic E-state index is 6.31.